The number of nitrogens with zero attached hydrogens (tertiary/aromatic N) is 4. The van der Waals surface area contributed by atoms with Gasteiger partial charge in [0.15, 0.2) is 17.5 Å². The van der Waals surface area contributed by atoms with Gasteiger partial charge in [0.25, 0.3) is 5.72 Å². The van der Waals surface area contributed by atoms with Gasteiger partial charge in [-0.1, -0.05) is 104 Å². The van der Waals surface area contributed by atoms with E-state index in [0.717, 1.165) is 66.4 Å². The number of amidine groups is 2. The Morgan fingerprint density at radius 3 is 2.09 bits per heavy atom. The van der Waals surface area contributed by atoms with Crippen molar-refractivity contribution in [2.75, 3.05) is 47.5 Å². The monoisotopic (exact) mass is 908 g/mol. The van der Waals surface area contributed by atoms with Crippen molar-refractivity contribution >= 4 is 99.9 Å². The van der Waals surface area contributed by atoms with Crippen molar-refractivity contribution in [3.63, 3.8) is 0 Å². The molecule has 12 heteroatoms. The first-order valence-electron chi connectivity index (χ1n) is 14.3. The van der Waals surface area contributed by atoms with Gasteiger partial charge in [0.1, 0.15) is 5.69 Å². The summed E-state index contributed by atoms with van der Waals surface area (Å²) in [6, 6.07) is 35.6. The van der Waals surface area contributed by atoms with E-state index >= 15 is 0 Å². The van der Waals surface area contributed by atoms with Crippen LogP contribution in [0.2, 0.25) is 0 Å². The Hall–Kier alpha value is -1.93. The fourth-order valence-electron chi connectivity index (χ4n) is 5.35. The molecule has 0 saturated heterocycles. The maximum atomic E-state index is 12.5. The first-order chi connectivity index (χ1) is 21.4. The second-order valence-corrected chi connectivity index (χ2v) is 14.3. The van der Waals surface area contributed by atoms with Gasteiger partial charge in [-0.05, 0) is 60.3 Å². The molecule has 240 valence electrons. The van der Waals surface area contributed by atoms with Crippen LogP contribution in [0.5, 0.6) is 0 Å². The van der Waals surface area contributed by atoms with Crippen LogP contribution in [-0.4, -0.2) is 63.5 Å². The van der Waals surface area contributed by atoms with E-state index in [1.54, 1.807) is 11.8 Å². The maximum absolute atomic E-state index is 12.5. The van der Waals surface area contributed by atoms with Crippen LogP contribution in [0.1, 0.15) is 15.9 Å². The van der Waals surface area contributed by atoms with Crippen molar-refractivity contribution < 1.29 is 31.5 Å². The van der Waals surface area contributed by atoms with Gasteiger partial charge < -0.3 is 27.0 Å². The second kappa shape index (κ2) is 16.9. The lowest BCUT2D eigenvalue weighted by Crippen LogP contribution is -3.00. The zero-order valence-corrected chi connectivity index (χ0v) is 32.7. The van der Waals surface area contributed by atoms with Gasteiger partial charge in [-0.25, -0.2) is 9.48 Å². The van der Waals surface area contributed by atoms with Crippen molar-refractivity contribution in [1.29, 1.82) is 0 Å². The molecule has 1 atom stereocenters. The molecule has 4 aromatic carbocycles. The summed E-state index contributed by atoms with van der Waals surface area (Å²) in [5, 5.41) is 13.4. The van der Waals surface area contributed by atoms with Gasteiger partial charge in [-0.2, -0.15) is 0 Å². The number of hydrogen-bond donors (Lipinski definition) is 1. The Balaban J connectivity index is 0.000000200. The lowest BCUT2D eigenvalue weighted by Gasteiger charge is -2.23. The van der Waals surface area contributed by atoms with Crippen LogP contribution in [-0.2, 0) is 5.72 Å². The number of rotatable bonds is 6. The number of aliphatic hydroxyl groups is 1. The molecule has 0 spiro atoms. The highest BCUT2D eigenvalue weighted by molar-refractivity contribution is 9.10. The Morgan fingerprint density at radius 1 is 0.870 bits per heavy atom. The lowest BCUT2D eigenvalue weighted by molar-refractivity contribution is -0.650. The summed E-state index contributed by atoms with van der Waals surface area (Å²) in [5.74, 6) is 2.08. The summed E-state index contributed by atoms with van der Waals surface area (Å²) in [7, 11) is 0. The minimum atomic E-state index is -0.951. The van der Waals surface area contributed by atoms with Crippen LogP contribution in [0, 0.1) is 0 Å². The number of β-amino-alcohol motifs (C(OH)–C–C–N with tert-alkyl or cyclic N) is 1. The molecule has 6 nitrogen and oxygen atoms in total. The van der Waals surface area contributed by atoms with Crippen LogP contribution in [0.4, 0.5) is 11.4 Å². The van der Waals surface area contributed by atoms with E-state index < -0.39 is 5.72 Å². The van der Waals surface area contributed by atoms with E-state index in [4.69, 9.17) is 0 Å². The van der Waals surface area contributed by atoms with Crippen LogP contribution < -0.4 is 26.8 Å². The van der Waals surface area contributed by atoms with Crippen LogP contribution >= 0.6 is 72.4 Å². The summed E-state index contributed by atoms with van der Waals surface area (Å²) >= 11 is 10.4. The van der Waals surface area contributed by atoms with Gasteiger partial charge >= 0.3 is 5.17 Å². The van der Waals surface area contributed by atoms with E-state index in [0.29, 0.717) is 13.1 Å². The predicted molar refractivity (Wildman–Crippen MR) is 202 cm³/mol. The standard InChI is InChI=1S/C17H16BrN2OS.C17H15BrN2OS.2BrH/c18-14-6-8-15(9-7-14)19-12-17(21,13-4-2-1-3-5-13)20-10-11-22-16(19)20;18-14-6-8-15(9-7-14)20(17-19-10-11-22-17)12-16(21)13-4-2-1-3-5-13;;/h1-9,21H,10-12H2;1-9H,10-12H2;2*1H/q+1;;;/p-1. The minimum absolute atomic E-state index is 0. The highest BCUT2D eigenvalue weighted by Gasteiger charge is 2.54. The molecule has 1 unspecified atom stereocenters. The summed E-state index contributed by atoms with van der Waals surface area (Å²) in [5.41, 5.74) is 2.83. The van der Waals surface area contributed by atoms with E-state index in [1.165, 1.54) is 0 Å². The first kappa shape index (κ1) is 36.9. The van der Waals surface area contributed by atoms with Crippen molar-refractivity contribution in [2.45, 2.75) is 5.72 Å². The highest BCUT2D eigenvalue weighted by atomic mass is 79.9. The molecule has 0 saturated carbocycles. The van der Waals surface area contributed by atoms with E-state index in [-0.39, 0.29) is 39.7 Å². The summed E-state index contributed by atoms with van der Waals surface area (Å²) in [6.45, 7) is 2.55. The fraction of sp³-hybridized carbons (Fsp3) is 0.206. The third-order valence-corrected chi connectivity index (χ3v) is 10.7. The number of thioether (sulfide) groups is 2. The normalized spacial score (nSPS) is 18.1. The quantitative estimate of drug-likeness (QED) is 0.216. The number of benzene rings is 4. The maximum Gasteiger partial charge on any atom is 0.316 e. The summed E-state index contributed by atoms with van der Waals surface area (Å²) in [6.07, 6.45) is 0. The third-order valence-electron chi connectivity index (χ3n) is 7.54. The molecule has 0 aliphatic carbocycles. The van der Waals surface area contributed by atoms with Gasteiger partial charge in [0, 0.05) is 37.3 Å². The molecule has 7 rings (SSSR count). The van der Waals surface area contributed by atoms with Gasteiger partial charge in [0.2, 0.25) is 0 Å². The molecule has 3 heterocycles. The van der Waals surface area contributed by atoms with Gasteiger partial charge in [-0.15, -0.1) is 17.0 Å². The smallest absolute Gasteiger partial charge is 0.316 e. The molecule has 1 N–H and O–H groups in total. The molecule has 0 bridgehead atoms. The number of ketones is 1. The average molecular weight is 912 g/mol. The Morgan fingerprint density at radius 2 is 1.48 bits per heavy atom. The number of aliphatic imine (C=N–C) groups is 1. The Kier molecular flexibility index (Phi) is 13.6. The average Bonchev–Trinajstić information content (AvgIpc) is 3.83. The first-order valence-corrected chi connectivity index (χ1v) is 17.8. The number of hydrogen-bond acceptors (Lipinski definition) is 7. The highest BCUT2D eigenvalue weighted by Crippen LogP contribution is 2.38. The molecule has 4 aromatic rings. The number of carbonyl (C=O) groups excluding carboxylic acids is 1. The second-order valence-electron chi connectivity index (χ2n) is 10.4. The Labute approximate surface area is 316 Å². The minimum Gasteiger partial charge on any atom is -1.00 e. The summed E-state index contributed by atoms with van der Waals surface area (Å²) in [4.78, 5) is 21.3. The van der Waals surface area contributed by atoms with Gasteiger partial charge in [-0.3, -0.25) is 9.79 Å². The largest absolute Gasteiger partial charge is 1.00 e. The predicted octanol–water partition coefficient (Wildman–Crippen LogP) is 5.05. The zero-order valence-electron chi connectivity index (χ0n) is 24.6. The van der Waals surface area contributed by atoms with Crippen LogP contribution in [0.15, 0.2) is 123 Å². The molecular formula is C34H32Br4N4O2S2. The SMILES string of the molecule is Br.O=C(CN(C1=NCCS1)c1ccc(Br)cc1)c1ccccc1.OC1(c2ccccc2)CN(c2ccc(Br)cc2)C2=[N+]1CCS2.[Br-]. The molecule has 0 fully saturated rings. The van der Waals surface area contributed by atoms with Crippen molar-refractivity contribution in [3.05, 3.63) is 129 Å². The molecule has 3 aliphatic rings. The topological polar surface area (TPSA) is 59.2 Å². The van der Waals surface area contributed by atoms with Crippen molar-refractivity contribution in [2.24, 2.45) is 4.99 Å². The van der Waals surface area contributed by atoms with E-state index in [9.17, 15) is 9.90 Å². The molecule has 3 aliphatic heterocycles. The molecule has 0 aromatic heterocycles. The molecular weight excluding hydrogens is 880 g/mol. The van der Waals surface area contributed by atoms with Crippen molar-refractivity contribution in [1.82, 2.24) is 0 Å². The fourth-order valence-corrected chi connectivity index (χ4v) is 7.94. The van der Waals surface area contributed by atoms with Crippen LogP contribution in [0.3, 0.4) is 0 Å². The van der Waals surface area contributed by atoms with Gasteiger partial charge in [0.05, 0.1) is 19.6 Å². The molecule has 46 heavy (non-hydrogen) atoms. The summed E-state index contributed by atoms with van der Waals surface area (Å²) < 4.78 is 4.22. The van der Waals surface area contributed by atoms with Crippen LogP contribution in [0.25, 0.3) is 0 Å². The van der Waals surface area contributed by atoms with E-state index in [1.807, 2.05) is 114 Å². The number of carbonyl (C=O) groups is 1. The van der Waals surface area contributed by atoms with Crippen molar-refractivity contribution in [3.8, 4) is 0 Å². The number of halogens is 4. The number of anilines is 2. The number of Topliss-reactive ketones (excluding diaryl/α,β-unsaturated/α-hetero) is 1. The Bertz CT molecular complexity index is 1680. The molecule has 0 radical (unpaired) electrons. The lowest BCUT2D eigenvalue weighted by atomic mass is 10.0. The zero-order chi connectivity index (χ0) is 30.5. The molecule has 0 amide bonds. The third kappa shape index (κ3) is 8.37. The van der Waals surface area contributed by atoms with E-state index in [2.05, 4.69) is 58.5 Å².